The van der Waals surface area contributed by atoms with Crippen molar-refractivity contribution in [3.8, 4) is 0 Å². The molecule has 1 N–H and O–H groups in total. The maximum Gasteiger partial charge on any atom is 0.0471 e. The molecule has 3 nitrogen and oxygen atoms in total. The van der Waals surface area contributed by atoms with Gasteiger partial charge >= 0.3 is 0 Å². The Bertz CT molecular complexity index is 436. The zero-order valence-electron chi connectivity index (χ0n) is 12.8. The average molecular weight is 296 g/mol. The highest BCUT2D eigenvalue weighted by Gasteiger charge is 2.22. The van der Waals surface area contributed by atoms with E-state index in [0.29, 0.717) is 6.04 Å². The third kappa shape index (κ3) is 3.66. The van der Waals surface area contributed by atoms with Crippen molar-refractivity contribution >= 4 is 17.3 Å². The summed E-state index contributed by atoms with van der Waals surface area (Å²) in [5.74, 6) is 0. The Balaban J connectivity index is 2.28. The maximum absolute atomic E-state index is 6.42. The van der Waals surface area contributed by atoms with Crippen LogP contribution in [0, 0.1) is 0 Å². The number of likely N-dealkylation sites (N-methyl/N-ethyl adjacent to an activating group) is 1. The van der Waals surface area contributed by atoms with Gasteiger partial charge in [0.25, 0.3) is 0 Å². The number of anilines is 1. The summed E-state index contributed by atoms with van der Waals surface area (Å²) >= 11 is 6.42. The van der Waals surface area contributed by atoms with E-state index in [2.05, 4.69) is 48.1 Å². The number of hydrogen-bond donors (Lipinski definition) is 1. The van der Waals surface area contributed by atoms with Gasteiger partial charge in [0.05, 0.1) is 0 Å². The van der Waals surface area contributed by atoms with Crippen LogP contribution in [0.5, 0.6) is 0 Å². The van der Waals surface area contributed by atoms with Gasteiger partial charge in [0.15, 0.2) is 0 Å². The monoisotopic (exact) mass is 295 g/mol. The average Bonchev–Trinajstić information content (AvgIpc) is 2.58. The molecule has 20 heavy (non-hydrogen) atoms. The summed E-state index contributed by atoms with van der Waals surface area (Å²) in [7, 11) is 2.21. The first-order valence-electron chi connectivity index (χ1n) is 7.56. The van der Waals surface area contributed by atoms with Gasteiger partial charge in [-0.25, -0.2) is 0 Å². The van der Waals surface area contributed by atoms with Crippen LogP contribution in [0.3, 0.4) is 0 Å². The van der Waals surface area contributed by atoms with Crippen molar-refractivity contribution in [2.45, 2.75) is 32.9 Å². The van der Waals surface area contributed by atoms with Crippen LogP contribution in [0.25, 0.3) is 0 Å². The van der Waals surface area contributed by atoms with Gasteiger partial charge < -0.3 is 15.1 Å². The van der Waals surface area contributed by atoms with Crippen LogP contribution in [0.4, 0.5) is 5.69 Å². The second-order valence-electron chi connectivity index (χ2n) is 5.68. The summed E-state index contributed by atoms with van der Waals surface area (Å²) in [6, 6.07) is 6.78. The Morgan fingerprint density at radius 1 is 1.35 bits per heavy atom. The van der Waals surface area contributed by atoms with Crippen molar-refractivity contribution in [1.29, 1.82) is 0 Å². The number of benzene rings is 1. The summed E-state index contributed by atoms with van der Waals surface area (Å²) in [5.41, 5.74) is 2.52. The van der Waals surface area contributed by atoms with E-state index in [9.17, 15) is 0 Å². The Labute approximate surface area is 127 Å². The molecule has 2 rings (SSSR count). The number of hydrogen-bond acceptors (Lipinski definition) is 3. The molecule has 1 saturated heterocycles. The van der Waals surface area contributed by atoms with E-state index in [1.54, 1.807) is 0 Å². The summed E-state index contributed by atoms with van der Waals surface area (Å²) in [4.78, 5) is 4.93. The van der Waals surface area contributed by atoms with Crippen LogP contribution >= 0.6 is 11.6 Å². The number of rotatable bonds is 4. The van der Waals surface area contributed by atoms with E-state index < -0.39 is 0 Å². The zero-order valence-corrected chi connectivity index (χ0v) is 13.6. The Hall–Kier alpha value is -0.770. The molecule has 0 bridgehead atoms. The van der Waals surface area contributed by atoms with Crippen molar-refractivity contribution in [3.63, 3.8) is 0 Å². The van der Waals surface area contributed by atoms with Crippen LogP contribution in [0.1, 0.15) is 25.8 Å². The summed E-state index contributed by atoms with van der Waals surface area (Å²) in [6.45, 7) is 9.61. The fourth-order valence-corrected chi connectivity index (χ4v) is 3.21. The van der Waals surface area contributed by atoms with E-state index in [4.69, 9.17) is 11.6 Å². The van der Waals surface area contributed by atoms with Crippen molar-refractivity contribution in [2.24, 2.45) is 0 Å². The zero-order chi connectivity index (χ0) is 14.5. The molecule has 0 amide bonds. The molecule has 1 aromatic carbocycles. The molecular formula is C16H26ClN3. The maximum atomic E-state index is 6.42. The standard InChI is InChI=1S/C16H26ClN3/c1-4-18-11-14-15(17)7-5-8-16(14)20-10-6-9-19(3)12-13(20)2/h5,7-8,13,18H,4,6,9-12H2,1-3H3. The molecule has 0 aliphatic carbocycles. The highest BCUT2D eigenvalue weighted by atomic mass is 35.5. The number of halogens is 1. The molecule has 1 aliphatic heterocycles. The first kappa shape index (κ1) is 15.6. The molecule has 1 fully saturated rings. The van der Waals surface area contributed by atoms with Crippen LogP contribution in [0.2, 0.25) is 5.02 Å². The highest BCUT2D eigenvalue weighted by Crippen LogP contribution is 2.30. The molecule has 0 spiro atoms. The second-order valence-corrected chi connectivity index (χ2v) is 6.08. The Morgan fingerprint density at radius 3 is 2.90 bits per heavy atom. The van der Waals surface area contributed by atoms with Gasteiger partial charge in [-0.15, -0.1) is 0 Å². The Kier molecular flexibility index (Phi) is 5.70. The highest BCUT2D eigenvalue weighted by molar-refractivity contribution is 6.31. The van der Waals surface area contributed by atoms with E-state index in [0.717, 1.165) is 31.2 Å². The first-order chi connectivity index (χ1) is 9.63. The third-order valence-corrected chi connectivity index (χ3v) is 4.36. The molecule has 112 valence electrons. The molecule has 1 aromatic rings. The molecule has 4 heteroatoms. The van der Waals surface area contributed by atoms with Crippen LogP contribution in [-0.2, 0) is 6.54 Å². The van der Waals surface area contributed by atoms with E-state index in [-0.39, 0.29) is 0 Å². The fraction of sp³-hybridized carbons (Fsp3) is 0.625. The van der Waals surface area contributed by atoms with Crippen molar-refractivity contribution in [1.82, 2.24) is 10.2 Å². The normalized spacial score (nSPS) is 21.0. The van der Waals surface area contributed by atoms with Crippen molar-refractivity contribution in [2.75, 3.05) is 38.1 Å². The largest absolute Gasteiger partial charge is 0.367 e. The smallest absolute Gasteiger partial charge is 0.0471 e. The summed E-state index contributed by atoms with van der Waals surface area (Å²) in [5, 5.41) is 4.27. The quantitative estimate of drug-likeness (QED) is 0.921. The molecule has 0 saturated carbocycles. The SMILES string of the molecule is CCNCc1c(Cl)cccc1N1CCCN(C)CC1C. The lowest BCUT2D eigenvalue weighted by atomic mass is 10.1. The summed E-state index contributed by atoms with van der Waals surface area (Å²) < 4.78 is 0. The summed E-state index contributed by atoms with van der Waals surface area (Å²) in [6.07, 6.45) is 1.20. The molecule has 0 aromatic heterocycles. The van der Waals surface area contributed by atoms with Crippen LogP contribution in [-0.4, -0.2) is 44.2 Å². The van der Waals surface area contributed by atoms with Gasteiger partial charge in [0.1, 0.15) is 0 Å². The topological polar surface area (TPSA) is 18.5 Å². The minimum absolute atomic E-state index is 0.515. The molecular weight excluding hydrogens is 270 g/mol. The van der Waals surface area contributed by atoms with E-state index in [1.165, 1.54) is 24.2 Å². The van der Waals surface area contributed by atoms with Gasteiger partial charge in [-0.05, 0) is 45.6 Å². The van der Waals surface area contributed by atoms with Gasteiger partial charge in [0.2, 0.25) is 0 Å². The molecule has 1 heterocycles. The number of nitrogens with zero attached hydrogens (tertiary/aromatic N) is 2. The van der Waals surface area contributed by atoms with Crippen molar-refractivity contribution < 1.29 is 0 Å². The lowest BCUT2D eigenvalue weighted by Crippen LogP contribution is -2.38. The third-order valence-electron chi connectivity index (χ3n) is 4.00. The van der Waals surface area contributed by atoms with Crippen LogP contribution in [0.15, 0.2) is 18.2 Å². The predicted molar refractivity (Wildman–Crippen MR) is 87.8 cm³/mol. The molecule has 1 aliphatic rings. The predicted octanol–water partition coefficient (Wildman–Crippen LogP) is 2.98. The molecule has 0 radical (unpaired) electrons. The molecule has 1 atom stereocenters. The van der Waals surface area contributed by atoms with E-state index in [1.807, 2.05) is 6.07 Å². The van der Waals surface area contributed by atoms with Gasteiger partial charge in [-0.2, -0.15) is 0 Å². The van der Waals surface area contributed by atoms with E-state index >= 15 is 0 Å². The number of nitrogens with one attached hydrogen (secondary N) is 1. The first-order valence-corrected chi connectivity index (χ1v) is 7.94. The van der Waals surface area contributed by atoms with Gasteiger partial charge in [0, 0.05) is 41.9 Å². The van der Waals surface area contributed by atoms with Gasteiger partial charge in [-0.3, -0.25) is 0 Å². The fourth-order valence-electron chi connectivity index (χ4n) is 2.97. The second kappa shape index (κ2) is 7.30. The van der Waals surface area contributed by atoms with Gasteiger partial charge in [-0.1, -0.05) is 24.6 Å². The van der Waals surface area contributed by atoms with Crippen molar-refractivity contribution in [3.05, 3.63) is 28.8 Å². The minimum Gasteiger partial charge on any atom is -0.367 e. The van der Waals surface area contributed by atoms with Crippen LogP contribution < -0.4 is 10.2 Å². The minimum atomic E-state index is 0.515. The lowest BCUT2D eigenvalue weighted by Gasteiger charge is -2.32. The Morgan fingerprint density at radius 2 is 2.15 bits per heavy atom. The molecule has 1 unspecified atom stereocenters. The lowest BCUT2D eigenvalue weighted by molar-refractivity contribution is 0.337.